The molecule has 3 aromatic carbocycles. The zero-order valence-corrected chi connectivity index (χ0v) is 20.0. The second-order valence-electron chi connectivity index (χ2n) is 6.98. The molecule has 0 aliphatic heterocycles. The van der Waals surface area contributed by atoms with Gasteiger partial charge in [0, 0.05) is 4.57 Å². The summed E-state index contributed by atoms with van der Waals surface area (Å²) < 4.78 is 10.7. The summed E-state index contributed by atoms with van der Waals surface area (Å²) in [6.07, 6.45) is 2.78. The fourth-order valence-electron chi connectivity index (χ4n) is 3.70. The highest BCUT2D eigenvalue weighted by atomic mass is 79.9. The number of rotatable bonds is 6. The highest BCUT2D eigenvalue weighted by Gasteiger charge is 2.39. The van der Waals surface area contributed by atoms with Crippen molar-refractivity contribution >= 4 is 24.2 Å². The van der Waals surface area contributed by atoms with Crippen LogP contribution < -0.4 is 0 Å². The molecule has 1 unspecified atom stereocenters. The van der Waals surface area contributed by atoms with Crippen molar-refractivity contribution in [3.63, 3.8) is 0 Å². The third kappa shape index (κ3) is 5.19. The maximum atomic E-state index is 8.70. The van der Waals surface area contributed by atoms with Gasteiger partial charge in [0.2, 0.25) is 0 Å². The molecule has 0 radical (unpaired) electrons. The molecule has 0 spiro atoms. The topological polar surface area (TPSA) is 88.2 Å². The van der Waals surface area contributed by atoms with Gasteiger partial charge in [-0.15, -0.1) is 9.79 Å². The van der Waals surface area contributed by atoms with Crippen LogP contribution in [0.5, 0.6) is 0 Å². The Kier molecular flexibility index (Phi) is 8.42. The highest BCUT2D eigenvalue weighted by molar-refractivity contribution is 9.09. The second kappa shape index (κ2) is 11.2. The summed E-state index contributed by atoms with van der Waals surface area (Å²) >= 11 is 3.70. The maximum absolute atomic E-state index is 8.70. The zero-order chi connectivity index (χ0) is 23.0. The lowest BCUT2D eigenvalue weighted by molar-refractivity contribution is 0.405. The lowest BCUT2D eigenvalue weighted by Gasteiger charge is -2.35. The number of alkyl halides is 1. The van der Waals surface area contributed by atoms with Crippen LogP contribution in [0.3, 0.4) is 0 Å². The molecule has 1 atom stereocenters. The molecule has 164 valence electrons. The van der Waals surface area contributed by atoms with E-state index in [1.165, 1.54) is 0 Å². The van der Waals surface area contributed by atoms with Gasteiger partial charge < -0.3 is 0 Å². The average molecular weight is 513 g/mol. The van der Waals surface area contributed by atoms with Crippen LogP contribution in [-0.2, 0) is 10.1 Å². The number of halogens is 1. The van der Waals surface area contributed by atoms with E-state index in [4.69, 9.17) is 19.5 Å². The van der Waals surface area contributed by atoms with Crippen molar-refractivity contribution in [2.24, 2.45) is 0 Å². The van der Waals surface area contributed by atoms with Crippen LogP contribution in [0.1, 0.15) is 40.7 Å². The molecule has 0 fully saturated rings. The number of hydrogen-bond acceptors (Lipinski definition) is 3. The third-order valence-electron chi connectivity index (χ3n) is 5.07. The van der Waals surface area contributed by atoms with E-state index in [2.05, 4.69) is 101 Å². The fourth-order valence-corrected chi connectivity index (χ4v) is 3.91. The Bertz CT molecular complexity index is 1020. The van der Waals surface area contributed by atoms with Crippen LogP contribution in [0.2, 0.25) is 0 Å². The lowest BCUT2D eigenvalue weighted by atomic mass is 9.77. The first-order valence-corrected chi connectivity index (χ1v) is 12.2. The van der Waals surface area contributed by atoms with E-state index in [-0.39, 0.29) is 4.83 Å². The van der Waals surface area contributed by atoms with Gasteiger partial charge in [-0.2, -0.15) is 5.10 Å². The van der Waals surface area contributed by atoms with Crippen molar-refractivity contribution in [3.8, 4) is 0 Å². The molecule has 1 aromatic heterocycles. The van der Waals surface area contributed by atoms with Gasteiger partial charge in [-0.1, -0.05) is 114 Å². The molecule has 0 saturated carbocycles. The number of nitrogens with zero attached hydrogens (tertiary/aromatic N) is 3. The van der Waals surface area contributed by atoms with E-state index in [1.54, 1.807) is 0 Å². The first-order valence-electron chi connectivity index (χ1n) is 10.1. The first kappa shape index (κ1) is 24.0. The monoisotopic (exact) mass is 512 g/mol. The molecule has 0 aliphatic carbocycles. The summed E-state index contributed by atoms with van der Waals surface area (Å²) in [7, 11) is -2.87. The molecule has 0 aliphatic rings. The van der Waals surface area contributed by atoms with Crippen molar-refractivity contribution in [3.05, 3.63) is 120 Å². The van der Waals surface area contributed by atoms with Crippen LogP contribution >= 0.6 is 24.2 Å². The molecule has 0 bridgehead atoms. The summed E-state index contributed by atoms with van der Waals surface area (Å²) in [5.41, 5.74) is 2.83. The van der Waals surface area contributed by atoms with Crippen molar-refractivity contribution in [2.75, 3.05) is 0 Å². The predicted octanol–water partition coefficient (Wildman–Crippen LogP) is 5.59. The Morgan fingerprint density at radius 3 is 1.59 bits per heavy atom. The van der Waals surface area contributed by atoms with Crippen LogP contribution in [0.25, 0.3) is 0 Å². The van der Waals surface area contributed by atoms with Crippen molar-refractivity contribution in [2.45, 2.75) is 23.7 Å². The average Bonchev–Trinajstić information content (AvgIpc) is 3.31. The minimum Gasteiger partial charge on any atom is -0.233 e. The normalized spacial score (nSPS) is 11.9. The van der Waals surface area contributed by atoms with Crippen molar-refractivity contribution < 1.29 is 14.4 Å². The van der Waals surface area contributed by atoms with Crippen molar-refractivity contribution in [1.29, 1.82) is 0 Å². The van der Waals surface area contributed by atoms with E-state index in [0.29, 0.717) is 0 Å². The van der Waals surface area contributed by atoms with Gasteiger partial charge in [-0.3, -0.25) is 0 Å². The van der Waals surface area contributed by atoms with Crippen LogP contribution in [-0.4, -0.2) is 24.6 Å². The second-order valence-corrected chi connectivity index (χ2v) is 8.60. The minimum absolute atomic E-state index is 0.133. The third-order valence-corrected chi connectivity index (χ3v) is 6.12. The number of benzene rings is 3. The van der Waals surface area contributed by atoms with Gasteiger partial charge in [-0.05, 0) is 23.1 Å². The molecule has 6 nitrogen and oxygen atoms in total. The van der Waals surface area contributed by atoms with Gasteiger partial charge in [0.25, 0.3) is 0 Å². The summed E-state index contributed by atoms with van der Waals surface area (Å²) in [6, 6.07) is 31.5. The van der Waals surface area contributed by atoms with E-state index >= 15 is 0 Å². The first-order chi connectivity index (χ1) is 15.5. The lowest BCUT2D eigenvalue weighted by Crippen LogP contribution is -2.38. The number of hydrogen-bond donors (Lipinski definition) is 2. The SMILES string of the molecule is CCC(Br)c1ncn(C(c2ccccc2)(c2ccccc2)c2ccccc2)n1.O=[P+](O)O. The predicted molar refractivity (Wildman–Crippen MR) is 129 cm³/mol. The van der Waals surface area contributed by atoms with Crippen LogP contribution in [0.15, 0.2) is 97.3 Å². The summed E-state index contributed by atoms with van der Waals surface area (Å²) in [5.74, 6) is 0.801. The van der Waals surface area contributed by atoms with Crippen LogP contribution in [0, 0.1) is 0 Å². The number of aromatic nitrogens is 3. The summed E-state index contributed by atoms with van der Waals surface area (Å²) in [6.45, 7) is 2.12. The minimum atomic E-state index is -2.87. The quantitative estimate of drug-likeness (QED) is 0.199. The Hall–Kier alpha value is -2.70. The smallest absolute Gasteiger partial charge is 0.233 e. The maximum Gasteiger partial charge on any atom is 0.692 e. The molecular formula is C24H24BrN3O3P+. The van der Waals surface area contributed by atoms with E-state index in [1.807, 2.05) is 29.2 Å². The highest BCUT2D eigenvalue weighted by Crippen LogP contribution is 2.40. The van der Waals surface area contributed by atoms with Crippen LogP contribution in [0.4, 0.5) is 0 Å². The summed E-state index contributed by atoms with van der Waals surface area (Å²) in [4.78, 5) is 19.0. The largest absolute Gasteiger partial charge is 0.692 e. The molecule has 4 aromatic rings. The Labute approximate surface area is 196 Å². The van der Waals surface area contributed by atoms with Gasteiger partial charge in [0.1, 0.15) is 11.9 Å². The van der Waals surface area contributed by atoms with Crippen molar-refractivity contribution in [1.82, 2.24) is 14.8 Å². The van der Waals surface area contributed by atoms with Gasteiger partial charge >= 0.3 is 8.25 Å². The summed E-state index contributed by atoms with van der Waals surface area (Å²) in [5, 5.41) is 4.94. The molecule has 4 rings (SSSR count). The molecule has 32 heavy (non-hydrogen) atoms. The Morgan fingerprint density at radius 2 is 1.25 bits per heavy atom. The Morgan fingerprint density at radius 1 is 0.875 bits per heavy atom. The molecule has 0 saturated heterocycles. The fraction of sp³-hybridized carbons (Fsp3) is 0.167. The molecule has 0 amide bonds. The van der Waals surface area contributed by atoms with E-state index in [9.17, 15) is 0 Å². The van der Waals surface area contributed by atoms with Gasteiger partial charge in [0.05, 0.1) is 4.83 Å². The standard InChI is InChI=1S/C24H22BrN3.HO3P/c1-2-22(25)23-26-18-28(27-23)24(19-12-6-3-7-13-19,20-14-8-4-9-15-20)21-16-10-5-11-17-21;1-4(2)3/h3-18,22H,2H2,1H3;(H-,1,2,3)/p+1. The molecular weight excluding hydrogens is 489 g/mol. The molecule has 1 heterocycles. The van der Waals surface area contributed by atoms with E-state index in [0.717, 1.165) is 28.9 Å². The zero-order valence-electron chi connectivity index (χ0n) is 17.5. The molecule has 8 heteroatoms. The molecule has 2 N–H and O–H groups in total. The Balaban J connectivity index is 0.000000668. The van der Waals surface area contributed by atoms with Gasteiger partial charge in [0.15, 0.2) is 5.82 Å². The van der Waals surface area contributed by atoms with E-state index < -0.39 is 13.8 Å². The van der Waals surface area contributed by atoms with Gasteiger partial charge in [-0.25, -0.2) is 9.67 Å².